The first-order valence-electron chi connectivity index (χ1n) is 16.7. The number of hydrogen-bond acceptors (Lipinski definition) is 4. The van der Waals surface area contributed by atoms with Crippen molar-refractivity contribution in [2.75, 3.05) is 0 Å². The topological polar surface area (TPSA) is 43.6 Å². The monoisotopic (exact) mass is 656 g/mol. The van der Waals surface area contributed by atoms with Crippen molar-refractivity contribution in [2.45, 2.75) is 0 Å². The van der Waals surface area contributed by atoms with E-state index in [4.69, 9.17) is 15.0 Å². The van der Waals surface area contributed by atoms with Gasteiger partial charge >= 0.3 is 0 Å². The molecule has 3 heterocycles. The predicted octanol–water partition coefficient (Wildman–Crippen LogP) is 12.0. The average molecular weight is 657 g/mol. The zero-order valence-corrected chi connectivity index (χ0v) is 27.7. The number of rotatable bonds is 5. The molecule has 10 rings (SSSR count). The molecule has 234 valence electrons. The van der Waals surface area contributed by atoms with E-state index >= 15 is 0 Å². The minimum Gasteiger partial charge on any atom is -0.308 e. The molecule has 0 aliphatic rings. The third kappa shape index (κ3) is 4.71. The third-order valence-electron chi connectivity index (χ3n) is 9.46. The fraction of sp³-hybridized carbons (Fsp3) is 0. The van der Waals surface area contributed by atoms with Crippen molar-refractivity contribution in [2.24, 2.45) is 0 Å². The van der Waals surface area contributed by atoms with Gasteiger partial charge in [0.15, 0.2) is 17.5 Å². The van der Waals surface area contributed by atoms with Gasteiger partial charge in [0.05, 0.1) is 15.7 Å². The lowest BCUT2D eigenvalue weighted by molar-refractivity contribution is 1.07. The van der Waals surface area contributed by atoms with E-state index in [1.165, 1.54) is 42.0 Å². The van der Waals surface area contributed by atoms with E-state index in [1.54, 1.807) is 0 Å². The highest BCUT2D eigenvalue weighted by Crippen LogP contribution is 2.43. The van der Waals surface area contributed by atoms with E-state index in [0.29, 0.717) is 17.5 Å². The Bertz CT molecular complexity index is 2850. The van der Waals surface area contributed by atoms with Crippen LogP contribution in [0.25, 0.3) is 93.0 Å². The maximum absolute atomic E-state index is 5.06. The Morgan fingerprint density at radius 2 is 0.940 bits per heavy atom. The van der Waals surface area contributed by atoms with Crippen molar-refractivity contribution in [1.82, 2.24) is 19.5 Å². The van der Waals surface area contributed by atoms with Crippen molar-refractivity contribution in [3.8, 4) is 51.0 Å². The second kappa shape index (κ2) is 11.6. The van der Waals surface area contributed by atoms with Gasteiger partial charge in [0, 0.05) is 48.6 Å². The molecule has 0 atom stereocenters. The lowest BCUT2D eigenvalue weighted by Gasteiger charge is -2.11. The van der Waals surface area contributed by atoms with Crippen LogP contribution in [0.15, 0.2) is 170 Å². The van der Waals surface area contributed by atoms with Gasteiger partial charge in [-0.15, -0.1) is 11.3 Å². The number of fused-ring (bicyclic) bond motifs is 7. The number of benzene rings is 7. The molecule has 0 fully saturated rings. The number of thiophene rings is 1. The quantitative estimate of drug-likeness (QED) is 0.185. The largest absolute Gasteiger partial charge is 0.308 e. The van der Waals surface area contributed by atoms with Gasteiger partial charge in [-0.05, 0) is 53.6 Å². The van der Waals surface area contributed by atoms with Gasteiger partial charge in [0.2, 0.25) is 0 Å². The molecule has 0 saturated heterocycles. The number of aromatic nitrogens is 4. The summed E-state index contributed by atoms with van der Waals surface area (Å²) in [5.41, 5.74) is 8.62. The maximum atomic E-state index is 5.06. The lowest BCUT2D eigenvalue weighted by atomic mass is 10.0. The summed E-state index contributed by atoms with van der Waals surface area (Å²) in [5, 5.41) is 5.10. The second-order valence-electron chi connectivity index (χ2n) is 12.5. The molecule has 0 unspecified atom stereocenters. The van der Waals surface area contributed by atoms with Crippen LogP contribution in [-0.4, -0.2) is 19.5 Å². The van der Waals surface area contributed by atoms with Gasteiger partial charge in [-0.25, -0.2) is 15.0 Å². The number of para-hydroxylation sites is 1. The summed E-state index contributed by atoms with van der Waals surface area (Å²) in [5.74, 6) is 1.93. The smallest absolute Gasteiger partial charge is 0.164 e. The predicted molar refractivity (Wildman–Crippen MR) is 209 cm³/mol. The fourth-order valence-corrected chi connectivity index (χ4v) is 8.32. The average Bonchev–Trinajstić information content (AvgIpc) is 3.75. The highest BCUT2D eigenvalue weighted by Gasteiger charge is 2.18. The molecule has 0 spiro atoms. The summed E-state index contributed by atoms with van der Waals surface area (Å²) < 4.78 is 5.02. The Morgan fingerprint density at radius 1 is 0.380 bits per heavy atom. The van der Waals surface area contributed by atoms with Crippen molar-refractivity contribution in [1.29, 1.82) is 0 Å². The first-order valence-corrected chi connectivity index (χ1v) is 17.5. The zero-order chi connectivity index (χ0) is 33.0. The van der Waals surface area contributed by atoms with Crippen molar-refractivity contribution < 1.29 is 0 Å². The van der Waals surface area contributed by atoms with E-state index in [0.717, 1.165) is 33.5 Å². The highest BCUT2D eigenvalue weighted by molar-refractivity contribution is 7.26. The molecule has 4 nitrogen and oxygen atoms in total. The molecule has 0 N–H and O–H groups in total. The molecule has 0 saturated carbocycles. The standard InChI is InChI=1S/C45H28N4S/c1-3-12-29(13-4-1)32-16-11-17-33(28-32)45-47-43(30-14-5-2-6-15-30)46-44(48-45)31-22-24-34(25-23-31)49-39-20-9-7-18-35(39)37-26-27-38-36-19-8-10-21-40(36)50-42(38)41(37)49/h1-28H. The van der Waals surface area contributed by atoms with Crippen molar-refractivity contribution >= 4 is 53.3 Å². The molecule has 3 aromatic heterocycles. The molecular formula is C45H28N4S. The Morgan fingerprint density at radius 3 is 1.70 bits per heavy atom. The summed E-state index contributed by atoms with van der Waals surface area (Å²) in [6.45, 7) is 0. The van der Waals surface area contributed by atoms with Crippen LogP contribution in [0.1, 0.15) is 0 Å². The molecule has 0 radical (unpaired) electrons. The van der Waals surface area contributed by atoms with Crippen LogP contribution in [0.3, 0.4) is 0 Å². The summed E-state index contributed by atoms with van der Waals surface area (Å²) in [4.78, 5) is 15.1. The second-order valence-corrected chi connectivity index (χ2v) is 13.5. The van der Waals surface area contributed by atoms with Crippen LogP contribution in [0.5, 0.6) is 0 Å². The minimum atomic E-state index is 0.639. The van der Waals surface area contributed by atoms with E-state index in [2.05, 4.69) is 138 Å². The first kappa shape index (κ1) is 28.6. The molecule has 7 aromatic carbocycles. The summed E-state index contributed by atoms with van der Waals surface area (Å²) in [7, 11) is 0. The molecule has 0 bridgehead atoms. The van der Waals surface area contributed by atoms with Crippen LogP contribution in [-0.2, 0) is 0 Å². The Kier molecular flexibility index (Phi) is 6.64. The normalized spacial score (nSPS) is 11.6. The van der Waals surface area contributed by atoms with Crippen LogP contribution in [0.4, 0.5) is 0 Å². The number of hydrogen-bond donors (Lipinski definition) is 0. The van der Waals surface area contributed by atoms with Gasteiger partial charge in [0.25, 0.3) is 0 Å². The van der Waals surface area contributed by atoms with Crippen LogP contribution < -0.4 is 0 Å². The molecule has 10 aromatic rings. The first-order chi connectivity index (χ1) is 24.8. The third-order valence-corrected chi connectivity index (χ3v) is 10.7. The molecule has 0 aliphatic carbocycles. The van der Waals surface area contributed by atoms with Gasteiger partial charge in [-0.2, -0.15) is 0 Å². The number of nitrogens with zero attached hydrogens (tertiary/aromatic N) is 4. The molecule has 50 heavy (non-hydrogen) atoms. The Balaban J connectivity index is 1.13. The molecule has 5 heteroatoms. The van der Waals surface area contributed by atoms with Gasteiger partial charge in [-0.1, -0.05) is 127 Å². The highest BCUT2D eigenvalue weighted by atomic mass is 32.1. The van der Waals surface area contributed by atoms with Gasteiger partial charge in [-0.3, -0.25) is 0 Å². The van der Waals surface area contributed by atoms with Crippen LogP contribution in [0, 0.1) is 0 Å². The summed E-state index contributed by atoms with van der Waals surface area (Å²) in [6.07, 6.45) is 0. The van der Waals surface area contributed by atoms with Crippen molar-refractivity contribution in [3.05, 3.63) is 170 Å². The van der Waals surface area contributed by atoms with Crippen LogP contribution >= 0.6 is 11.3 Å². The van der Waals surface area contributed by atoms with Gasteiger partial charge < -0.3 is 4.57 Å². The van der Waals surface area contributed by atoms with Crippen molar-refractivity contribution in [3.63, 3.8) is 0 Å². The van der Waals surface area contributed by atoms with E-state index in [-0.39, 0.29) is 0 Å². The van der Waals surface area contributed by atoms with Gasteiger partial charge in [0.1, 0.15) is 0 Å². The van der Waals surface area contributed by atoms with E-state index < -0.39 is 0 Å². The SMILES string of the molecule is c1ccc(-c2cccc(-c3nc(-c4ccccc4)nc(-c4ccc(-n5c6ccccc6c6ccc7c8ccccc8sc7c65)cc4)n3)c2)cc1. The zero-order valence-electron chi connectivity index (χ0n) is 26.9. The molecule has 0 aliphatic heterocycles. The minimum absolute atomic E-state index is 0.639. The van der Waals surface area contributed by atoms with E-state index in [1.807, 2.05) is 47.7 Å². The Hall–Kier alpha value is -6.43. The Labute approximate surface area is 292 Å². The fourth-order valence-electron chi connectivity index (χ4n) is 7.08. The van der Waals surface area contributed by atoms with E-state index in [9.17, 15) is 0 Å². The molecular weight excluding hydrogens is 629 g/mol. The molecule has 0 amide bonds. The summed E-state index contributed by atoms with van der Waals surface area (Å²) in [6, 6.07) is 59.6. The lowest BCUT2D eigenvalue weighted by Crippen LogP contribution is -2.00. The summed E-state index contributed by atoms with van der Waals surface area (Å²) >= 11 is 1.87. The maximum Gasteiger partial charge on any atom is 0.164 e. The van der Waals surface area contributed by atoms with Crippen LogP contribution in [0.2, 0.25) is 0 Å².